The van der Waals surface area contributed by atoms with E-state index in [0.717, 1.165) is 6.42 Å². The van der Waals surface area contributed by atoms with Crippen molar-refractivity contribution >= 4 is 31.8 Å². The summed E-state index contributed by atoms with van der Waals surface area (Å²) in [5.41, 5.74) is 0. The number of hydrogen-bond donors (Lipinski definition) is 0. The molecule has 1 aliphatic carbocycles. The molecular formula is C11H27Cl2HfSi. The monoisotopic (exact) mass is 437 g/mol. The molecule has 0 aliphatic heterocycles. The first kappa shape index (κ1) is 18.5. The molecule has 0 unspecified atom stereocenters. The summed E-state index contributed by atoms with van der Waals surface area (Å²) >= 11 is -3.92. The Balaban J connectivity index is 0. The van der Waals surface area contributed by atoms with Gasteiger partial charge in [-0.3, -0.25) is 0 Å². The number of allylic oxidation sites excluding steroid dienone is 4. The molecule has 0 aromatic heterocycles. The van der Waals surface area contributed by atoms with Crippen molar-refractivity contribution in [1.29, 1.82) is 0 Å². The fourth-order valence-electron chi connectivity index (χ4n) is 1.69. The third-order valence-electron chi connectivity index (χ3n) is 2.93. The third kappa shape index (κ3) is 5.34. The van der Waals surface area contributed by atoms with E-state index in [1.165, 1.54) is 0 Å². The number of rotatable bonds is 1. The van der Waals surface area contributed by atoms with Crippen molar-refractivity contribution in [3.63, 3.8) is 0 Å². The first-order valence-corrected chi connectivity index (χ1v) is 37.0. The fraction of sp³-hybridized carbons (Fsp3) is 0.636. The minimum absolute atomic E-state index is 0. The zero-order valence-electron chi connectivity index (χ0n) is 11.0. The van der Waals surface area contributed by atoms with Crippen LogP contribution in [0.4, 0.5) is 0 Å². The normalized spacial score (nSPS) is 25.6. The van der Waals surface area contributed by atoms with Crippen molar-refractivity contribution in [3.8, 4) is 0 Å². The molecule has 0 saturated heterocycles. The molecule has 0 nitrogen and oxygen atoms in total. The Kier molecular flexibility index (Phi) is 2.86. The van der Waals surface area contributed by atoms with Crippen LogP contribution in [0, 0.1) is 0 Å². The van der Waals surface area contributed by atoms with Gasteiger partial charge in [0.15, 0.2) is 0 Å². The van der Waals surface area contributed by atoms with Gasteiger partial charge in [-0.15, -0.1) is 24.8 Å². The van der Waals surface area contributed by atoms with Gasteiger partial charge in [-0.05, 0) is 0 Å². The van der Waals surface area contributed by atoms with E-state index < -0.39 is 12.7 Å². The van der Waals surface area contributed by atoms with Crippen molar-refractivity contribution in [2.45, 2.75) is 34.5 Å². The predicted octanol–water partition coefficient (Wildman–Crippen LogP) is 4.81. The molecule has 1 aliphatic rings. The molecule has 1 rings (SSSR count). The van der Waals surface area contributed by atoms with Crippen LogP contribution in [0.3, 0.4) is 0 Å². The van der Waals surface area contributed by atoms with Crippen molar-refractivity contribution < 1.29 is 12.7 Å². The Morgan fingerprint density at radius 2 is 1.40 bits per heavy atom. The van der Waals surface area contributed by atoms with E-state index in [-0.39, 0.29) is 24.8 Å². The van der Waals surface area contributed by atoms with Gasteiger partial charge in [0, 0.05) is 0 Å². The maximum atomic E-state index is 2.54. The van der Waals surface area contributed by atoms with Crippen molar-refractivity contribution in [2.75, 3.05) is 0 Å². The molecule has 0 aromatic rings. The van der Waals surface area contributed by atoms with Crippen LogP contribution in [-0.2, 0) is 12.7 Å². The van der Waals surface area contributed by atoms with Gasteiger partial charge in [-0.25, -0.2) is 0 Å². The van der Waals surface area contributed by atoms with Gasteiger partial charge in [-0.1, -0.05) is 0 Å². The third-order valence-corrected chi connectivity index (χ3v) is 23.4. The molecule has 0 aromatic carbocycles. The van der Waals surface area contributed by atoms with Crippen LogP contribution in [0.5, 0.6) is 0 Å². The van der Waals surface area contributed by atoms with Crippen LogP contribution in [0.2, 0.25) is 28.1 Å². The summed E-state index contributed by atoms with van der Waals surface area (Å²) in [5, 5.41) is 0. The van der Waals surface area contributed by atoms with Crippen LogP contribution in [-0.4, -0.2) is 6.94 Å². The molecule has 0 amide bonds. The molecule has 0 heterocycles. The summed E-state index contributed by atoms with van der Waals surface area (Å²) in [6.45, 7) is 2.28. The summed E-state index contributed by atoms with van der Waals surface area (Å²) in [7, 11) is 0. The van der Waals surface area contributed by atoms with Gasteiger partial charge in [0.2, 0.25) is 0 Å². The van der Waals surface area contributed by atoms with E-state index >= 15 is 0 Å². The van der Waals surface area contributed by atoms with E-state index in [1.807, 2.05) is 0 Å². The molecule has 0 atom stereocenters. The molecule has 93 valence electrons. The average molecular weight is 437 g/mol. The summed E-state index contributed by atoms with van der Waals surface area (Å²) < 4.78 is 16.9. The molecule has 0 spiro atoms. The molecule has 4 heteroatoms. The number of hydrogen-bond acceptors (Lipinski definition) is 0. The van der Waals surface area contributed by atoms with E-state index in [1.54, 1.807) is 3.33 Å². The molecule has 15 heavy (non-hydrogen) atoms. The van der Waals surface area contributed by atoms with Crippen molar-refractivity contribution in [3.05, 3.63) is 21.6 Å². The molecule has 0 fully saturated rings. The van der Waals surface area contributed by atoms with Crippen LogP contribution >= 0.6 is 24.8 Å². The number of halogens is 2. The van der Waals surface area contributed by atoms with Crippen molar-refractivity contribution in [1.82, 2.24) is 0 Å². The summed E-state index contributed by atoms with van der Waals surface area (Å²) in [4.78, 5) is 0. The molecule has 0 radical (unpaired) electrons. The van der Waals surface area contributed by atoms with Crippen molar-refractivity contribution in [2.24, 2.45) is 0 Å². The Bertz CT molecular complexity index is 454. The van der Waals surface area contributed by atoms with E-state index in [2.05, 4.69) is 53.3 Å². The SMILES string of the molecule is Cl.Cl.[CH3][Hf]([CH3])([CH3])([CH3])([CH3])([CH3])(=[SiH2])[C]1=CC=CC1. The Hall–Kier alpha value is 1.15. The summed E-state index contributed by atoms with van der Waals surface area (Å²) in [5.74, 6) is 0. The van der Waals surface area contributed by atoms with Gasteiger partial charge in [0.25, 0.3) is 0 Å². The quantitative estimate of drug-likeness (QED) is 0.518. The van der Waals surface area contributed by atoms with E-state index in [4.69, 9.17) is 0 Å². The second-order valence-corrected chi connectivity index (χ2v) is 134. The fourth-order valence-corrected chi connectivity index (χ4v) is 13.5. The van der Waals surface area contributed by atoms with Gasteiger partial charge in [-0.2, -0.15) is 0 Å². The summed E-state index contributed by atoms with van der Waals surface area (Å²) in [6.07, 6.45) is 8.00. The Morgan fingerprint density at radius 3 is 1.53 bits per heavy atom. The molecule has 0 N–H and O–H groups in total. The van der Waals surface area contributed by atoms with Crippen LogP contribution in [0.1, 0.15) is 6.42 Å². The topological polar surface area (TPSA) is 0 Å². The first-order valence-electron chi connectivity index (χ1n) is 5.32. The van der Waals surface area contributed by atoms with Crippen LogP contribution < -0.4 is 0 Å². The van der Waals surface area contributed by atoms with E-state index in [0.29, 0.717) is 0 Å². The molecule has 0 bridgehead atoms. The van der Waals surface area contributed by atoms with Gasteiger partial charge < -0.3 is 0 Å². The zero-order valence-corrected chi connectivity index (χ0v) is 17.6. The van der Waals surface area contributed by atoms with Gasteiger partial charge >= 0.3 is 75.7 Å². The van der Waals surface area contributed by atoms with Gasteiger partial charge in [0.05, 0.1) is 0 Å². The Morgan fingerprint density at radius 1 is 1.00 bits per heavy atom. The minimum atomic E-state index is -3.92. The van der Waals surface area contributed by atoms with Gasteiger partial charge in [0.1, 0.15) is 0 Å². The molecular weight excluding hydrogens is 410 g/mol. The van der Waals surface area contributed by atoms with E-state index in [9.17, 15) is 0 Å². The van der Waals surface area contributed by atoms with Crippen LogP contribution in [0.25, 0.3) is 0 Å². The maximum absolute atomic E-state index is 3.92. The second-order valence-electron chi connectivity index (χ2n) is 12.6. The average Bonchev–Trinajstić information content (AvgIpc) is 1.97. The zero-order chi connectivity index (χ0) is 10.8. The Labute approximate surface area is 99.7 Å². The first-order chi connectivity index (χ1) is 5.00. The predicted molar refractivity (Wildman–Crippen MR) is 80.1 cm³/mol. The molecule has 0 saturated carbocycles. The standard InChI is InChI=1S/C5H5.6CH3.2ClH.Hf.H2Si/c1-2-4-5-3-1;;;;;;;;;;/h1-3H,4H2;6*1H3;2*1H;;1H2. The second kappa shape index (κ2) is 2.32. The summed E-state index contributed by atoms with van der Waals surface area (Å²) in [6, 6.07) is 0. The van der Waals surface area contributed by atoms with Crippen LogP contribution in [0.15, 0.2) is 21.6 Å².